The third kappa shape index (κ3) is 4.18. The van der Waals surface area contributed by atoms with Gasteiger partial charge >= 0.3 is 0 Å². The molecule has 0 saturated carbocycles. The lowest BCUT2D eigenvalue weighted by molar-refractivity contribution is -0.129. The maximum absolute atomic E-state index is 11.7. The highest BCUT2D eigenvalue weighted by Crippen LogP contribution is 2.17. The third-order valence-electron chi connectivity index (χ3n) is 2.31. The van der Waals surface area contributed by atoms with Gasteiger partial charge in [-0.3, -0.25) is 4.79 Å². The van der Waals surface area contributed by atoms with Crippen molar-refractivity contribution in [2.75, 3.05) is 19.1 Å². The largest absolute Gasteiger partial charge is 0.341 e. The van der Waals surface area contributed by atoms with E-state index >= 15 is 0 Å². The molecule has 0 heterocycles. The van der Waals surface area contributed by atoms with Crippen molar-refractivity contribution < 1.29 is 4.79 Å². The van der Waals surface area contributed by atoms with Crippen molar-refractivity contribution in [1.29, 1.82) is 0 Å². The third-order valence-corrected chi connectivity index (χ3v) is 3.70. The Morgan fingerprint density at radius 2 is 2.12 bits per heavy atom. The first-order valence-electron chi connectivity index (χ1n) is 5.11. The molecule has 1 aromatic carbocycles. The standard InChI is InChI=1S/C12H16BrNOS/c1-14(12(15)7-8-16-2)9-10-5-3-4-6-11(10)13/h3-6H,7-9H2,1-2H3. The van der Waals surface area contributed by atoms with Gasteiger partial charge in [0.15, 0.2) is 0 Å². The molecule has 0 spiro atoms. The second-order valence-electron chi connectivity index (χ2n) is 3.58. The average Bonchev–Trinajstić information content (AvgIpc) is 2.28. The summed E-state index contributed by atoms with van der Waals surface area (Å²) >= 11 is 5.18. The van der Waals surface area contributed by atoms with E-state index in [0.29, 0.717) is 13.0 Å². The summed E-state index contributed by atoms with van der Waals surface area (Å²) in [7, 11) is 1.85. The van der Waals surface area contributed by atoms with Crippen LogP contribution in [0.15, 0.2) is 28.7 Å². The van der Waals surface area contributed by atoms with Crippen LogP contribution in [0.1, 0.15) is 12.0 Å². The number of rotatable bonds is 5. The summed E-state index contributed by atoms with van der Waals surface area (Å²) in [6.45, 7) is 0.661. The fourth-order valence-electron chi connectivity index (χ4n) is 1.35. The summed E-state index contributed by atoms with van der Waals surface area (Å²) < 4.78 is 1.06. The zero-order valence-electron chi connectivity index (χ0n) is 9.57. The smallest absolute Gasteiger partial charge is 0.223 e. The first-order valence-corrected chi connectivity index (χ1v) is 7.30. The molecule has 0 fully saturated rings. The first-order chi connectivity index (χ1) is 7.65. The first kappa shape index (κ1) is 13.6. The second-order valence-corrected chi connectivity index (χ2v) is 5.42. The summed E-state index contributed by atoms with van der Waals surface area (Å²) in [5.41, 5.74) is 1.14. The molecule has 16 heavy (non-hydrogen) atoms. The van der Waals surface area contributed by atoms with Crippen molar-refractivity contribution in [1.82, 2.24) is 4.90 Å². The van der Waals surface area contributed by atoms with Gasteiger partial charge in [-0.05, 0) is 17.9 Å². The number of hydrogen-bond acceptors (Lipinski definition) is 2. The van der Waals surface area contributed by atoms with Crippen LogP contribution in [0.2, 0.25) is 0 Å². The molecule has 0 radical (unpaired) electrons. The Bertz CT molecular complexity index is 357. The molecule has 0 aliphatic carbocycles. The van der Waals surface area contributed by atoms with Crippen LogP contribution in [0.5, 0.6) is 0 Å². The van der Waals surface area contributed by atoms with E-state index in [2.05, 4.69) is 15.9 Å². The molecule has 0 aromatic heterocycles. The van der Waals surface area contributed by atoms with Gasteiger partial charge in [-0.1, -0.05) is 34.1 Å². The van der Waals surface area contributed by atoms with E-state index in [9.17, 15) is 4.79 Å². The Labute approximate surface area is 110 Å². The van der Waals surface area contributed by atoms with Crippen molar-refractivity contribution in [2.24, 2.45) is 0 Å². The number of benzene rings is 1. The average molecular weight is 302 g/mol. The summed E-state index contributed by atoms with van der Waals surface area (Å²) in [4.78, 5) is 13.5. The van der Waals surface area contributed by atoms with Crippen LogP contribution in [0.25, 0.3) is 0 Å². The van der Waals surface area contributed by atoms with E-state index in [0.717, 1.165) is 15.8 Å². The summed E-state index contributed by atoms with van der Waals surface area (Å²) in [5.74, 6) is 1.09. The summed E-state index contributed by atoms with van der Waals surface area (Å²) in [6, 6.07) is 7.99. The second kappa shape index (κ2) is 6.97. The molecular formula is C12H16BrNOS. The minimum atomic E-state index is 0.199. The van der Waals surface area contributed by atoms with Gasteiger partial charge in [-0.25, -0.2) is 0 Å². The fraction of sp³-hybridized carbons (Fsp3) is 0.417. The lowest BCUT2D eigenvalue weighted by atomic mass is 10.2. The summed E-state index contributed by atoms with van der Waals surface area (Å²) in [6.07, 6.45) is 2.63. The minimum Gasteiger partial charge on any atom is -0.341 e. The zero-order valence-corrected chi connectivity index (χ0v) is 12.0. The van der Waals surface area contributed by atoms with Crippen LogP contribution >= 0.6 is 27.7 Å². The predicted molar refractivity (Wildman–Crippen MR) is 73.6 cm³/mol. The number of nitrogens with zero attached hydrogens (tertiary/aromatic N) is 1. The molecule has 1 rings (SSSR count). The van der Waals surface area contributed by atoms with E-state index in [1.54, 1.807) is 16.7 Å². The Balaban J connectivity index is 2.54. The van der Waals surface area contributed by atoms with Crippen molar-refractivity contribution in [3.05, 3.63) is 34.3 Å². The molecule has 0 bridgehead atoms. The molecule has 4 heteroatoms. The SMILES string of the molecule is CSCCC(=O)N(C)Cc1ccccc1Br. The zero-order chi connectivity index (χ0) is 12.0. The molecule has 0 unspecified atom stereocenters. The number of amides is 1. The lowest BCUT2D eigenvalue weighted by Crippen LogP contribution is -2.26. The highest BCUT2D eigenvalue weighted by atomic mass is 79.9. The Morgan fingerprint density at radius 1 is 1.44 bits per heavy atom. The van der Waals surface area contributed by atoms with E-state index < -0.39 is 0 Å². The van der Waals surface area contributed by atoms with Crippen LogP contribution in [0, 0.1) is 0 Å². The highest BCUT2D eigenvalue weighted by Gasteiger charge is 2.09. The Hall–Kier alpha value is -0.480. The normalized spacial score (nSPS) is 10.2. The van der Waals surface area contributed by atoms with Crippen LogP contribution in [0.4, 0.5) is 0 Å². The monoisotopic (exact) mass is 301 g/mol. The van der Waals surface area contributed by atoms with E-state index in [-0.39, 0.29) is 5.91 Å². The highest BCUT2D eigenvalue weighted by molar-refractivity contribution is 9.10. The topological polar surface area (TPSA) is 20.3 Å². The molecule has 0 aliphatic heterocycles. The molecule has 1 aromatic rings. The van der Waals surface area contributed by atoms with Crippen molar-refractivity contribution >= 4 is 33.6 Å². The van der Waals surface area contributed by atoms with Crippen LogP contribution in [-0.2, 0) is 11.3 Å². The quantitative estimate of drug-likeness (QED) is 0.833. The Kier molecular flexibility index (Phi) is 5.91. The van der Waals surface area contributed by atoms with Gasteiger partial charge in [0.1, 0.15) is 0 Å². The van der Waals surface area contributed by atoms with Gasteiger partial charge in [0.25, 0.3) is 0 Å². The molecule has 0 saturated heterocycles. The molecule has 0 N–H and O–H groups in total. The maximum atomic E-state index is 11.7. The van der Waals surface area contributed by atoms with Gasteiger partial charge in [-0.15, -0.1) is 0 Å². The number of carbonyl (C=O) groups excluding carboxylic acids is 1. The van der Waals surface area contributed by atoms with Crippen molar-refractivity contribution in [3.63, 3.8) is 0 Å². The number of halogens is 1. The fourth-order valence-corrected chi connectivity index (χ4v) is 2.14. The molecule has 1 amide bonds. The number of hydrogen-bond donors (Lipinski definition) is 0. The van der Waals surface area contributed by atoms with Crippen molar-refractivity contribution in [3.8, 4) is 0 Å². The molecule has 0 aliphatic rings. The molecular weight excluding hydrogens is 286 g/mol. The van der Waals surface area contributed by atoms with E-state index in [1.807, 2.05) is 37.6 Å². The van der Waals surface area contributed by atoms with E-state index in [4.69, 9.17) is 0 Å². The maximum Gasteiger partial charge on any atom is 0.223 e. The van der Waals surface area contributed by atoms with Gasteiger partial charge in [0.05, 0.1) is 0 Å². The minimum absolute atomic E-state index is 0.199. The van der Waals surface area contributed by atoms with Gasteiger partial charge in [-0.2, -0.15) is 11.8 Å². The summed E-state index contributed by atoms with van der Waals surface area (Å²) in [5, 5.41) is 0. The number of thioether (sulfide) groups is 1. The van der Waals surface area contributed by atoms with Gasteiger partial charge in [0.2, 0.25) is 5.91 Å². The van der Waals surface area contributed by atoms with Crippen LogP contribution in [-0.4, -0.2) is 29.9 Å². The number of carbonyl (C=O) groups is 1. The van der Waals surface area contributed by atoms with Crippen molar-refractivity contribution in [2.45, 2.75) is 13.0 Å². The lowest BCUT2D eigenvalue weighted by Gasteiger charge is -2.17. The van der Waals surface area contributed by atoms with Gasteiger partial charge in [0, 0.05) is 30.2 Å². The molecule has 2 nitrogen and oxygen atoms in total. The van der Waals surface area contributed by atoms with Crippen LogP contribution < -0.4 is 0 Å². The van der Waals surface area contributed by atoms with E-state index in [1.165, 1.54) is 0 Å². The molecule has 88 valence electrons. The van der Waals surface area contributed by atoms with Crippen LogP contribution in [0.3, 0.4) is 0 Å². The molecule has 0 atom stereocenters. The Morgan fingerprint density at radius 3 is 2.75 bits per heavy atom. The predicted octanol–water partition coefficient (Wildman–Crippen LogP) is 3.16. The van der Waals surface area contributed by atoms with Gasteiger partial charge < -0.3 is 4.90 Å².